The molecule has 1 N–H and O–H groups in total. The number of hydrogen-bond acceptors (Lipinski definition) is 5. The maximum Gasteiger partial charge on any atom is 0.323 e. The molecule has 27 heavy (non-hydrogen) atoms. The molecule has 5 rings (SSSR count). The first-order valence-electron chi connectivity index (χ1n) is 9.32. The largest absolute Gasteiger partial charge is 0.468 e. The van der Waals surface area contributed by atoms with Crippen molar-refractivity contribution in [3.8, 4) is 0 Å². The first kappa shape index (κ1) is 16.7. The fourth-order valence-corrected chi connectivity index (χ4v) is 4.97. The predicted molar refractivity (Wildman–Crippen MR) is 104 cm³/mol. The second-order valence-corrected chi connectivity index (χ2v) is 7.78. The molecule has 6 nitrogen and oxygen atoms in total. The van der Waals surface area contributed by atoms with Gasteiger partial charge in [0.25, 0.3) is 0 Å². The molecular formula is C21H26N2O4. The van der Waals surface area contributed by atoms with Crippen LogP contribution >= 0.6 is 0 Å². The first-order chi connectivity index (χ1) is 13.0. The van der Waals surface area contributed by atoms with Crippen molar-refractivity contribution in [3.63, 3.8) is 0 Å². The summed E-state index contributed by atoms with van der Waals surface area (Å²) in [5.41, 5.74) is 2.70. The second-order valence-electron chi connectivity index (χ2n) is 7.78. The average Bonchev–Trinajstić information content (AvgIpc) is 3.06. The van der Waals surface area contributed by atoms with Crippen LogP contribution in [-0.2, 0) is 25.5 Å². The maximum absolute atomic E-state index is 12.7. The highest BCUT2D eigenvalue weighted by Crippen LogP contribution is 2.46. The Morgan fingerprint density at radius 3 is 3.00 bits per heavy atom. The third-order valence-electron chi connectivity index (χ3n) is 6.34. The number of morpholine rings is 1. The Labute approximate surface area is 160 Å². The first-order valence-corrected chi connectivity index (χ1v) is 9.32. The van der Waals surface area contributed by atoms with Gasteiger partial charge in [0.15, 0.2) is 5.78 Å². The number of esters is 1. The number of methoxy groups -OCH3 is 1. The molecule has 2 aliphatic heterocycles. The summed E-state index contributed by atoms with van der Waals surface area (Å²) in [4.78, 5) is 30.6. The van der Waals surface area contributed by atoms with E-state index in [1.165, 1.54) is 7.11 Å². The minimum absolute atomic E-state index is 0. The van der Waals surface area contributed by atoms with Gasteiger partial charge in [-0.05, 0) is 30.7 Å². The summed E-state index contributed by atoms with van der Waals surface area (Å²) in [5.74, 6) is -0.199. The number of aromatic amines is 1. The molecule has 3 heterocycles. The number of nitrogens with one attached hydrogen (secondary N) is 1. The van der Waals surface area contributed by atoms with E-state index in [0.29, 0.717) is 19.4 Å². The van der Waals surface area contributed by atoms with Crippen LogP contribution in [0.3, 0.4) is 0 Å². The molecule has 0 saturated carbocycles. The number of ether oxygens (including phenoxy) is 2. The van der Waals surface area contributed by atoms with Crippen molar-refractivity contribution in [1.82, 2.24) is 9.88 Å². The molecule has 0 radical (unpaired) electrons. The lowest BCUT2D eigenvalue weighted by atomic mass is 9.79. The zero-order valence-electron chi connectivity index (χ0n) is 15.4. The highest BCUT2D eigenvalue weighted by molar-refractivity contribution is 5.92. The smallest absolute Gasteiger partial charge is 0.323 e. The van der Waals surface area contributed by atoms with E-state index in [0.717, 1.165) is 22.2 Å². The SMILES string of the molecule is COC(=O)[C@@H]1Cc2c([nH]c3ccccc23)[C@@H]2CO[C@@]3(C)C=CC(=O)C[C@H]3N12.[HH].[HH]. The van der Waals surface area contributed by atoms with Crippen LogP contribution in [-0.4, -0.2) is 53.0 Å². The van der Waals surface area contributed by atoms with E-state index in [2.05, 4.69) is 16.0 Å². The normalized spacial score (nSPS) is 32.7. The monoisotopic (exact) mass is 370 g/mol. The van der Waals surface area contributed by atoms with Gasteiger partial charge < -0.3 is 14.5 Å². The van der Waals surface area contributed by atoms with Crippen molar-refractivity contribution in [2.45, 2.75) is 43.5 Å². The fourth-order valence-electron chi connectivity index (χ4n) is 4.97. The van der Waals surface area contributed by atoms with Gasteiger partial charge in [0.1, 0.15) is 6.04 Å². The summed E-state index contributed by atoms with van der Waals surface area (Å²) in [5, 5.41) is 1.13. The molecule has 3 aliphatic rings. The third-order valence-corrected chi connectivity index (χ3v) is 6.34. The standard InChI is InChI=1S/C21H22N2O4.2H2/c1-21-8-7-12(24)9-18(21)23-16(20(25)26-2)10-14-13-5-3-4-6-15(13)22-19(14)17(23)11-27-21;;/h3-8,16-18,22H,9-11H2,1-2H3;2*1H/t16-,17-,18+,21-;;/m0../s1. The molecule has 0 amide bonds. The lowest BCUT2D eigenvalue weighted by molar-refractivity contribution is -0.180. The van der Waals surface area contributed by atoms with Crippen molar-refractivity contribution in [3.05, 3.63) is 47.7 Å². The minimum Gasteiger partial charge on any atom is -0.468 e. The Hall–Kier alpha value is -2.44. The third kappa shape index (κ3) is 2.33. The molecule has 0 spiro atoms. The molecule has 1 aromatic carbocycles. The van der Waals surface area contributed by atoms with Gasteiger partial charge in [0.05, 0.1) is 31.4 Å². The highest BCUT2D eigenvalue weighted by atomic mass is 16.5. The summed E-state index contributed by atoms with van der Waals surface area (Å²) in [6.45, 7) is 2.45. The predicted octanol–water partition coefficient (Wildman–Crippen LogP) is 2.79. The lowest BCUT2D eigenvalue weighted by Gasteiger charge is -2.55. The summed E-state index contributed by atoms with van der Waals surface area (Å²) in [6, 6.07) is 7.40. The number of carbonyl (C=O) groups excluding carboxylic acids is 2. The number of ketones is 1. The number of benzene rings is 1. The topological polar surface area (TPSA) is 71.6 Å². The van der Waals surface area contributed by atoms with Gasteiger partial charge in [-0.1, -0.05) is 18.2 Å². The van der Waals surface area contributed by atoms with Gasteiger partial charge in [0, 0.05) is 32.3 Å². The van der Waals surface area contributed by atoms with E-state index in [4.69, 9.17) is 9.47 Å². The van der Waals surface area contributed by atoms with Crippen molar-refractivity contribution in [2.24, 2.45) is 0 Å². The van der Waals surface area contributed by atoms with Gasteiger partial charge in [-0.2, -0.15) is 0 Å². The van der Waals surface area contributed by atoms with Gasteiger partial charge in [-0.25, -0.2) is 0 Å². The number of carbonyl (C=O) groups is 2. The second kappa shape index (κ2) is 5.78. The summed E-state index contributed by atoms with van der Waals surface area (Å²) in [7, 11) is 1.42. The maximum atomic E-state index is 12.7. The summed E-state index contributed by atoms with van der Waals surface area (Å²) >= 11 is 0. The molecule has 1 fully saturated rings. The highest BCUT2D eigenvalue weighted by Gasteiger charge is 2.54. The van der Waals surface area contributed by atoms with Crippen molar-refractivity contribution in [2.75, 3.05) is 13.7 Å². The molecule has 0 unspecified atom stereocenters. The molecule has 6 heteroatoms. The Balaban J connectivity index is 0.00000120. The molecule has 144 valence electrons. The van der Waals surface area contributed by atoms with Crippen LogP contribution in [0.5, 0.6) is 0 Å². The molecule has 0 bridgehead atoms. The van der Waals surface area contributed by atoms with E-state index < -0.39 is 11.6 Å². The average molecular weight is 370 g/mol. The van der Waals surface area contributed by atoms with Gasteiger partial charge >= 0.3 is 5.97 Å². The Bertz CT molecular complexity index is 988. The van der Waals surface area contributed by atoms with Crippen LogP contribution in [0, 0.1) is 0 Å². The van der Waals surface area contributed by atoms with Crippen LogP contribution in [0.15, 0.2) is 36.4 Å². The van der Waals surface area contributed by atoms with Crippen LogP contribution in [0.2, 0.25) is 0 Å². The van der Waals surface area contributed by atoms with E-state index in [1.54, 1.807) is 6.08 Å². The van der Waals surface area contributed by atoms with Crippen molar-refractivity contribution >= 4 is 22.7 Å². The number of aromatic nitrogens is 1. The summed E-state index contributed by atoms with van der Waals surface area (Å²) in [6.07, 6.45) is 4.34. The zero-order valence-corrected chi connectivity index (χ0v) is 15.4. The molecule has 4 atom stereocenters. The molecule has 2 aromatic rings. The number of para-hydroxylation sites is 1. The number of hydrogen-bond donors (Lipinski definition) is 1. The Kier molecular flexibility index (Phi) is 3.58. The van der Waals surface area contributed by atoms with E-state index in [-0.39, 0.29) is 26.7 Å². The van der Waals surface area contributed by atoms with Crippen LogP contribution in [0.4, 0.5) is 0 Å². The lowest BCUT2D eigenvalue weighted by Crippen LogP contribution is -2.66. The van der Waals surface area contributed by atoms with E-state index >= 15 is 0 Å². The van der Waals surface area contributed by atoms with Gasteiger partial charge in [-0.3, -0.25) is 14.5 Å². The van der Waals surface area contributed by atoms with E-state index in [1.807, 2.05) is 31.2 Å². The zero-order chi connectivity index (χ0) is 18.8. The number of rotatable bonds is 1. The van der Waals surface area contributed by atoms with Crippen molar-refractivity contribution < 1.29 is 21.9 Å². The van der Waals surface area contributed by atoms with Crippen LogP contribution < -0.4 is 0 Å². The number of H-pyrrole nitrogens is 1. The minimum atomic E-state index is -0.583. The Morgan fingerprint density at radius 2 is 2.19 bits per heavy atom. The van der Waals surface area contributed by atoms with Crippen molar-refractivity contribution in [1.29, 1.82) is 0 Å². The quantitative estimate of drug-likeness (QED) is 0.782. The molecule has 1 saturated heterocycles. The van der Waals surface area contributed by atoms with Gasteiger partial charge in [0.2, 0.25) is 0 Å². The van der Waals surface area contributed by atoms with Crippen LogP contribution in [0.1, 0.15) is 33.5 Å². The molecular weight excluding hydrogens is 344 g/mol. The summed E-state index contributed by atoms with van der Waals surface area (Å²) < 4.78 is 11.4. The van der Waals surface area contributed by atoms with E-state index in [9.17, 15) is 9.59 Å². The number of fused-ring (bicyclic) bond motifs is 7. The Morgan fingerprint density at radius 1 is 1.37 bits per heavy atom. The fraction of sp³-hybridized carbons (Fsp3) is 0.429. The number of allylic oxidation sites excluding steroid dienone is 1. The molecule has 1 aliphatic carbocycles. The molecule has 1 aromatic heterocycles. The van der Waals surface area contributed by atoms with Gasteiger partial charge in [-0.15, -0.1) is 0 Å². The number of nitrogens with zero attached hydrogens (tertiary/aromatic N) is 1. The van der Waals surface area contributed by atoms with Crippen LogP contribution in [0.25, 0.3) is 10.9 Å².